The van der Waals surface area contributed by atoms with Gasteiger partial charge in [0.25, 0.3) is 0 Å². The lowest BCUT2D eigenvalue weighted by atomic mass is 10.1. The highest BCUT2D eigenvalue weighted by molar-refractivity contribution is 7.89. The van der Waals surface area contributed by atoms with E-state index in [0.29, 0.717) is 16.6 Å². The van der Waals surface area contributed by atoms with E-state index in [0.717, 1.165) is 11.1 Å². The molecule has 1 atom stereocenters. The van der Waals surface area contributed by atoms with E-state index in [4.69, 9.17) is 0 Å². The van der Waals surface area contributed by atoms with Gasteiger partial charge in [0.15, 0.2) is 0 Å². The van der Waals surface area contributed by atoms with Crippen molar-refractivity contribution >= 4 is 18.1 Å². The van der Waals surface area contributed by atoms with Gasteiger partial charge in [0.2, 0.25) is 10.0 Å². The van der Waals surface area contributed by atoms with Crippen LogP contribution in [0, 0.1) is 30.2 Å². The zero-order valence-corrected chi connectivity index (χ0v) is 22.0. The van der Waals surface area contributed by atoms with E-state index in [1.54, 1.807) is 24.3 Å². The molecule has 0 bridgehead atoms. The topological polar surface area (TPSA) is 46.2 Å². The van der Waals surface area contributed by atoms with Gasteiger partial charge < -0.3 is 0 Å². The third-order valence-electron chi connectivity index (χ3n) is 6.16. The standard InChI is InChI=1S/C27H35NO2SSi/c1-21(2)32(22(3)4,23(5)6)20-12-11-15-27(25-13-9-8-10-14-25)28-31(29,30)26-18-16-24(7)17-19-26/h8-10,13-14,16-19,21-23,27-28H,1-7H3/t27-/m1/s1. The van der Waals surface area contributed by atoms with Crippen LogP contribution >= 0.6 is 0 Å². The monoisotopic (exact) mass is 465 g/mol. The third-order valence-corrected chi connectivity index (χ3v) is 13.9. The number of aryl methyl sites for hydroxylation is 1. The number of rotatable bonds is 7. The minimum atomic E-state index is -3.72. The lowest BCUT2D eigenvalue weighted by Crippen LogP contribution is -2.43. The molecule has 5 heteroatoms. The SMILES string of the molecule is Cc1ccc(S(=O)(=O)N[C@H](C#CC#C[Si](C(C)C)(C(C)C)C(C)C)c2ccccc2)cc1. The first-order valence-electron chi connectivity index (χ1n) is 11.2. The Morgan fingerprint density at radius 2 is 1.31 bits per heavy atom. The molecule has 0 saturated carbocycles. The highest BCUT2D eigenvalue weighted by Crippen LogP contribution is 2.40. The second-order valence-electron chi connectivity index (χ2n) is 9.19. The van der Waals surface area contributed by atoms with Crippen LogP contribution in [-0.2, 0) is 10.0 Å². The molecule has 0 radical (unpaired) electrons. The summed E-state index contributed by atoms with van der Waals surface area (Å²) < 4.78 is 28.7. The van der Waals surface area contributed by atoms with Crippen molar-refractivity contribution in [1.29, 1.82) is 0 Å². The van der Waals surface area contributed by atoms with Crippen molar-refractivity contribution in [3.8, 4) is 23.3 Å². The van der Waals surface area contributed by atoms with Crippen molar-refractivity contribution in [2.24, 2.45) is 0 Å². The summed E-state index contributed by atoms with van der Waals surface area (Å²) in [6.07, 6.45) is 0. The molecular weight excluding hydrogens is 430 g/mol. The molecule has 0 aromatic heterocycles. The van der Waals surface area contributed by atoms with Gasteiger partial charge in [-0.25, -0.2) is 8.42 Å². The predicted molar refractivity (Wildman–Crippen MR) is 137 cm³/mol. The summed E-state index contributed by atoms with van der Waals surface area (Å²) >= 11 is 0. The summed E-state index contributed by atoms with van der Waals surface area (Å²) in [6.45, 7) is 15.5. The van der Waals surface area contributed by atoms with Crippen LogP contribution < -0.4 is 4.72 Å². The van der Waals surface area contributed by atoms with E-state index in [1.165, 1.54) is 0 Å². The van der Waals surface area contributed by atoms with Crippen molar-refractivity contribution in [3.05, 3.63) is 65.7 Å². The Balaban J connectivity index is 2.43. The van der Waals surface area contributed by atoms with Crippen LogP contribution in [0.25, 0.3) is 0 Å². The average Bonchev–Trinajstić information content (AvgIpc) is 2.73. The van der Waals surface area contributed by atoms with Crippen LogP contribution in [0.1, 0.15) is 58.7 Å². The molecule has 1 N–H and O–H groups in total. The number of nitrogens with one attached hydrogen (secondary N) is 1. The molecular formula is C27H35NO2SSi. The molecule has 0 aliphatic carbocycles. The molecule has 0 amide bonds. The Bertz CT molecular complexity index is 1090. The van der Waals surface area contributed by atoms with Crippen LogP contribution in [0.3, 0.4) is 0 Å². The van der Waals surface area contributed by atoms with Crippen molar-refractivity contribution in [2.75, 3.05) is 0 Å². The molecule has 0 heterocycles. The molecule has 32 heavy (non-hydrogen) atoms. The Kier molecular flexibility index (Phi) is 8.93. The third kappa shape index (κ3) is 6.14. The molecule has 2 rings (SSSR count). The fourth-order valence-corrected chi connectivity index (χ4v) is 10.7. The second kappa shape index (κ2) is 11.0. The zero-order chi connectivity index (χ0) is 23.9. The molecule has 0 aliphatic rings. The van der Waals surface area contributed by atoms with Crippen molar-refractivity contribution in [1.82, 2.24) is 4.72 Å². The maximum absolute atomic E-state index is 13.0. The molecule has 0 saturated heterocycles. The molecule has 2 aromatic carbocycles. The number of hydrogen-bond acceptors (Lipinski definition) is 2. The maximum Gasteiger partial charge on any atom is 0.241 e. The van der Waals surface area contributed by atoms with Gasteiger partial charge in [-0.2, -0.15) is 4.72 Å². The van der Waals surface area contributed by atoms with Gasteiger partial charge in [0.05, 0.1) is 4.90 Å². The van der Waals surface area contributed by atoms with Gasteiger partial charge in [-0.1, -0.05) is 95.5 Å². The summed E-state index contributed by atoms with van der Waals surface area (Å²) in [5, 5.41) is 0. The zero-order valence-electron chi connectivity index (χ0n) is 20.2. The van der Waals surface area contributed by atoms with Crippen LogP contribution in [0.15, 0.2) is 59.5 Å². The quantitative estimate of drug-likeness (QED) is 0.389. The molecule has 0 spiro atoms. The van der Waals surface area contributed by atoms with E-state index in [-0.39, 0.29) is 4.90 Å². The van der Waals surface area contributed by atoms with Crippen LogP contribution in [0.5, 0.6) is 0 Å². The fraction of sp³-hybridized carbons (Fsp3) is 0.407. The lowest BCUT2D eigenvalue weighted by Gasteiger charge is -2.37. The average molecular weight is 466 g/mol. The highest BCUT2D eigenvalue weighted by Gasteiger charge is 2.41. The summed E-state index contributed by atoms with van der Waals surface area (Å²) in [5.74, 6) is 9.17. The first kappa shape index (κ1) is 25.9. The predicted octanol–water partition coefficient (Wildman–Crippen LogP) is 6.24. The van der Waals surface area contributed by atoms with Crippen LogP contribution in [0.4, 0.5) is 0 Å². The Labute approximate surface area is 196 Å². The summed E-state index contributed by atoms with van der Waals surface area (Å²) in [5.41, 5.74) is 6.92. The molecule has 170 valence electrons. The molecule has 0 unspecified atom stereocenters. The largest absolute Gasteiger partial charge is 0.241 e. The van der Waals surface area contributed by atoms with Gasteiger partial charge in [-0.3, -0.25) is 0 Å². The van der Waals surface area contributed by atoms with E-state index in [2.05, 4.69) is 69.6 Å². The van der Waals surface area contributed by atoms with Gasteiger partial charge in [0.1, 0.15) is 14.1 Å². The molecule has 0 aliphatic heterocycles. The summed E-state index contributed by atoms with van der Waals surface area (Å²) in [7, 11) is -5.61. The van der Waals surface area contributed by atoms with Crippen LogP contribution in [-0.4, -0.2) is 16.5 Å². The minimum Gasteiger partial charge on any atom is -0.207 e. The normalized spacial score (nSPS) is 12.8. The Morgan fingerprint density at radius 1 is 0.781 bits per heavy atom. The van der Waals surface area contributed by atoms with Gasteiger partial charge in [-0.15, -0.1) is 5.54 Å². The number of sulfonamides is 1. The summed E-state index contributed by atoms with van der Waals surface area (Å²) in [6, 6.07) is 15.5. The molecule has 2 aromatic rings. The van der Waals surface area contributed by atoms with Crippen molar-refractivity contribution < 1.29 is 8.42 Å². The highest BCUT2D eigenvalue weighted by atomic mass is 32.2. The summed E-state index contributed by atoms with van der Waals surface area (Å²) in [4.78, 5) is 0.225. The fourth-order valence-electron chi connectivity index (χ4n) is 4.45. The van der Waals surface area contributed by atoms with Crippen LogP contribution in [0.2, 0.25) is 16.6 Å². The van der Waals surface area contributed by atoms with Crippen molar-refractivity contribution in [2.45, 2.75) is 76.0 Å². The van der Waals surface area contributed by atoms with Gasteiger partial charge >= 0.3 is 0 Å². The smallest absolute Gasteiger partial charge is 0.207 e. The Hall–Kier alpha value is -2.31. The van der Waals surface area contributed by atoms with Gasteiger partial charge in [-0.05, 0) is 53.1 Å². The van der Waals surface area contributed by atoms with Crippen molar-refractivity contribution in [3.63, 3.8) is 0 Å². The number of hydrogen-bond donors (Lipinski definition) is 1. The molecule has 0 fully saturated rings. The Morgan fingerprint density at radius 3 is 1.81 bits per heavy atom. The number of benzene rings is 2. The second-order valence-corrected chi connectivity index (χ2v) is 16.5. The first-order valence-corrected chi connectivity index (χ1v) is 14.9. The first-order chi connectivity index (χ1) is 15.0. The van der Waals surface area contributed by atoms with E-state index in [1.807, 2.05) is 37.3 Å². The lowest BCUT2D eigenvalue weighted by molar-refractivity contribution is 0.576. The van der Waals surface area contributed by atoms with E-state index < -0.39 is 24.1 Å². The minimum absolute atomic E-state index is 0.225. The molecule has 3 nitrogen and oxygen atoms in total. The van der Waals surface area contributed by atoms with E-state index in [9.17, 15) is 8.42 Å². The van der Waals surface area contributed by atoms with E-state index >= 15 is 0 Å². The van der Waals surface area contributed by atoms with Gasteiger partial charge in [0, 0.05) is 0 Å². The maximum atomic E-state index is 13.0.